The molecule has 1 aliphatic heterocycles. The van der Waals surface area contributed by atoms with Gasteiger partial charge >= 0.3 is 11.9 Å². The molecule has 0 aromatic heterocycles. The van der Waals surface area contributed by atoms with E-state index in [1.165, 1.54) is 5.56 Å². The summed E-state index contributed by atoms with van der Waals surface area (Å²) < 4.78 is 54.2. The van der Waals surface area contributed by atoms with Gasteiger partial charge in [0.05, 0.1) is 5.25 Å². The van der Waals surface area contributed by atoms with Crippen molar-refractivity contribution in [3.63, 3.8) is 0 Å². The fourth-order valence-electron chi connectivity index (χ4n) is 6.65. The Kier molecular flexibility index (Phi) is 8.37. The smallest absolute Gasteiger partial charge is 0.414 e. The molecule has 3 aliphatic carbocycles. The zero-order valence-electron chi connectivity index (χ0n) is 21.7. The fourth-order valence-corrected chi connectivity index (χ4v) is 8.02. The summed E-state index contributed by atoms with van der Waals surface area (Å²) in [5, 5.41) is 14.6. The summed E-state index contributed by atoms with van der Waals surface area (Å²) in [6.45, 7) is 5.52. The zero-order valence-corrected chi connectivity index (χ0v) is 22.6. The van der Waals surface area contributed by atoms with Gasteiger partial charge in [-0.15, -0.1) is 0 Å². The van der Waals surface area contributed by atoms with Crippen molar-refractivity contribution < 1.29 is 37.0 Å². The van der Waals surface area contributed by atoms with Crippen LogP contribution in [0.5, 0.6) is 0 Å². The van der Waals surface area contributed by atoms with Gasteiger partial charge in [0.1, 0.15) is 0 Å². The maximum absolute atomic E-state index is 13.3. The third kappa shape index (κ3) is 6.47. The number of nitrogens with one attached hydrogen (secondary N) is 1. The first-order valence-corrected chi connectivity index (χ1v) is 15.1. The van der Waals surface area contributed by atoms with E-state index < -0.39 is 27.9 Å². The maximum Gasteiger partial charge on any atom is 0.414 e. The second-order valence-electron chi connectivity index (χ2n) is 11.3. The van der Waals surface area contributed by atoms with Crippen molar-refractivity contribution in [2.45, 2.75) is 81.3 Å². The minimum Gasteiger partial charge on any atom is -0.473 e. The van der Waals surface area contributed by atoms with E-state index in [9.17, 15) is 17.2 Å². The molecule has 1 saturated heterocycles. The fraction of sp³-hybridized carbons (Fsp3) is 0.704. The van der Waals surface area contributed by atoms with E-state index in [0.717, 1.165) is 51.7 Å². The van der Waals surface area contributed by atoms with Crippen LogP contribution in [-0.4, -0.2) is 66.3 Å². The van der Waals surface area contributed by atoms with Gasteiger partial charge in [-0.1, -0.05) is 19.1 Å². The Morgan fingerprint density at radius 1 is 1.05 bits per heavy atom. The standard InChI is InChI=1S/C25H36F2N2O2S.C2H2O4/c1-2-25(19-6-3-7-20(15-19)28-32(30,31)21-8-9-21)22-16-29(17-23(22)25)14-4-5-18-10-12-24(26,27)13-11-18;3-1(4)2(5)6/h3,6-7,15,18,21-23,28H,2,4-5,8-14,16-17H2,1H3;(H,3,4)(H,5,6)/t22-,23?,25?;/m0./s1. The van der Waals surface area contributed by atoms with E-state index in [4.69, 9.17) is 19.8 Å². The number of hydrogen-bond acceptors (Lipinski definition) is 5. The van der Waals surface area contributed by atoms with Crippen LogP contribution in [0.3, 0.4) is 0 Å². The number of benzene rings is 1. The average molecular weight is 557 g/mol. The highest BCUT2D eigenvalue weighted by Crippen LogP contribution is 2.65. The molecule has 3 saturated carbocycles. The van der Waals surface area contributed by atoms with Crippen LogP contribution in [0, 0.1) is 17.8 Å². The zero-order chi connectivity index (χ0) is 27.7. The van der Waals surface area contributed by atoms with Gasteiger partial charge in [0.2, 0.25) is 15.9 Å². The van der Waals surface area contributed by atoms with E-state index in [1.54, 1.807) is 0 Å². The number of hydrogen-bond donors (Lipinski definition) is 3. The molecule has 1 heterocycles. The molecule has 2 unspecified atom stereocenters. The summed E-state index contributed by atoms with van der Waals surface area (Å²) in [5.41, 5.74) is 2.14. The second kappa shape index (κ2) is 11.1. The molecule has 212 valence electrons. The normalized spacial score (nSPS) is 28.6. The van der Waals surface area contributed by atoms with E-state index in [-0.39, 0.29) is 23.5 Å². The molecule has 11 heteroatoms. The number of anilines is 1. The van der Waals surface area contributed by atoms with Gasteiger partial charge < -0.3 is 15.1 Å². The number of aliphatic carboxylic acids is 2. The summed E-state index contributed by atoms with van der Waals surface area (Å²) in [6.07, 6.45) is 6.28. The molecule has 1 aromatic rings. The Balaban J connectivity index is 0.000000505. The van der Waals surface area contributed by atoms with Gasteiger partial charge in [-0.3, -0.25) is 4.72 Å². The minimum absolute atomic E-state index is 0.0699. The molecule has 0 bridgehead atoms. The topological polar surface area (TPSA) is 124 Å². The summed E-state index contributed by atoms with van der Waals surface area (Å²) in [7, 11) is -3.24. The number of fused-ring (bicyclic) bond motifs is 1. The predicted molar refractivity (Wildman–Crippen MR) is 139 cm³/mol. The van der Waals surface area contributed by atoms with Crippen LogP contribution in [0.1, 0.15) is 70.3 Å². The van der Waals surface area contributed by atoms with Crippen LogP contribution in [0.15, 0.2) is 24.3 Å². The summed E-state index contributed by atoms with van der Waals surface area (Å²) in [4.78, 5) is 20.8. The Hall–Kier alpha value is -2.27. The maximum atomic E-state index is 13.3. The first-order chi connectivity index (χ1) is 17.9. The molecule has 0 amide bonds. The number of carbonyl (C=O) groups is 2. The van der Waals surface area contributed by atoms with E-state index in [1.807, 2.05) is 12.1 Å². The van der Waals surface area contributed by atoms with E-state index in [0.29, 0.717) is 36.3 Å². The number of likely N-dealkylation sites (tertiary alicyclic amines) is 1. The highest BCUT2D eigenvalue weighted by Gasteiger charge is 2.67. The molecule has 3 atom stereocenters. The molecular formula is C27H38F2N2O6S. The highest BCUT2D eigenvalue weighted by molar-refractivity contribution is 7.93. The summed E-state index contributed by atoms with van der Waals surface area (Å²) >= 11 is 0. The van der Waals surface area contributed by atoms with Gasteiger partial charge in [-0.05, 0) is 86.9 Å². The van der Waals surface area contributed by atoms with Crippen molar-refractivity contribution in [3.8, 4) is 0 Å². The van der Waals surface area contributed by atoms with Gasteiger partial charge in [-0.2, -0.15) is 0 Å². The van der Waals surface area contributed by atoms with Crippen LogP contribution >= 0.6 is 0 Å². The quantitative estimate of drug-likeness (QED) is 0.381. The van der Waals surface area contributed by atoms with Crippen LogP contribution in [0.25, 0.3) is 0 Å². The van der Waals surface area contributed by atoms with Crippen LogP contribution in [-0.2, 0) is 25.0 Å². The number of rotatable bonds is 9. The SMILES string of the molecule is CCC1(c2cccc(NS(=O)(=O)C3CC3)c2)C2CN(CCCC3CCC(F)(F)CC3)C[C@@H]21.O=C(O)C(=O)O. The number of nitrogens with zero attached hydrogens (tertiary/aromatic N) is 1. The summed E-state index contributed by atoms with van der Waals surface area (Å²) in [5.74, 6) is -4.33. The predicted octanol–water partition coefficient (Wildman–Crippen LogP) is 4.56. The molecule has 3 N–H and O–H groups in total. The van der Waals surface area contributed by atoms with Crippen molar-refractivity contribution in [2.24, 2.45) is 17.8 Å². The van der Waals surface area contributed by atoms with Gasteiger partial charge in [-0.25, -0.2) is 26.8 Å². The molecule has 8 nitrogen and oxygen atoms in total. The third-order valence-corrected chi connectivity index (χ3v) is 10.8. The van der Waals surface area contributed by atoms with Crippen molar-refractivity contribution in [1.82, 2.24) is 4.90 Å². The number of carboxylic acids is 2. The minimum atomic E-state index is -3.24. The second-order valence-corrected chi connectivity index (χ2v) is 13.3. The van der Waals surface area contributed by atoms with Gasteiger partial charge in [0.15, 0.2) is 0 Å². The van der Waals surface area contributed by atoms with Crippen molar-refractivity contribution in [1.29, 1.82) is 0 Å². The van der Waals surface area contributed by atoms with Crippen molar-refractivity contribution in [2.75, 3.05) is 24.4 Å². The number of carboxylic acid groups (broad SMARTS) is 2. The highest BCUT2D eigenvalue weighted by atomic mass is 32.2. The Morgan fingerprint density at radius 2 is 1.66 bits per heavy atom. The molecule has 5 rings (SSSR count). The molecule has 0 spiro atoms. The lowest BCUT2D eigenvalue weighted by molar-refractivity contribution is -0.159. The molecule has 1 aromatic carbocycles. The lowest BCUT2D eigenvalue weighted by Crippen LogP contribution is -2.31. The van der Waals surface area contributed by atoms with Crippen LogP contribution in [0.2, 0.25) is 0 Å². The van der Waals surface area contributed by atoms with Crippen molar-refractivity contribution in [3.05, 3.63) is 29.8 Å². The molecular weight excluding hydrogens is 518 g/mol. The molecule has 38 heavy (non-hydrogen) atoms. The Bertz CT molecular complexity index is 1110. The number of sulfonamides is 1. The van der Waals surface area contributed by atoms with Crippen molar-refractivity contribution >= 4 is 27.6 Å². The third-order valence-electron chi connectivity index (χ3n) is 8.92. The van der Waals surface area contributed by atoms with E-state index >= 15 is 0 Å². The molecule has 4 fully saturated rings. The van der Waals surface area contributed by atoms with Crippen LogP contribution in [0.4, 0.5) is 14.5 Å². The van der Waals surface area contributed by atoms with Crippen LogP contribution < -0.4 is 4.72 Å². The number of piperidine rings is 1. The Labute approximate surface area is 222 Å². The average Bonchev–Trinajstić information content (AvgIpc) is 3.76. The largest absolute Gasteiger partial charge is 0.473 e. The van der Waals surface area contributed by atoms with Gasteiger partial charge in [0.25, 0.3) is 0 Å². The first kappa shape index (κ1) is 28.7. The summed E-state index contributed by atoms with van der Waals surface area (Å²) in [6, 6.07) is 8.07. The first-order valence-electron chi connectivity index (χ1n) is 13.6. The lowest BCUT2D eigenvalue weighted by Gasteiger charge is -2.29. The van der Waals surface area contributed by atoms with E-state index in [2.05, 4.69) is 28.7 Å². The lowest BCUT2D eigenvalue weighted by atomic mass is 9.84. The monoisotopic (exact) mass is 556 g/mol. The molecule has 4 aliphatic rings. The number of halogens is 2. The number of alkyl halides is 2. The molecule has 0 radical (unpaired) electrons. The Morgan fingerprint density at radius 3 is 2.18 bits per heavy atom. The van der Waals surface area contributed by atoms with Gasteiger partial charge in [0, 0.05) is 37.0 Å².